The fraction of sp³-hybridized carbons (Fsp3) is 0.296. The van der Waals surface area contributed by atoms with Crippen molar-refractivity contribution in [2.24, 2.45) is 0 Å². The van der Waals surface area contributed by atoms with Crippen LogP contribution in [0.2, 0.25) is 0 Å². The van der Waals surface area contributed by atoms with E-state index in [1.807, 2.05) is 12.1 Å². The molecule has 0 saturated carbocycles. The largest absolute Gasteiger partial charge is 0.353 e. The highest BCUT2D eigenvalue weighted by Gasteiger charge is 2.16. The molecular weight excluding hydrogens is 460 g/mol. The van der Waals surface area contributed by atoms with Crippen LogP contribution >= 0.6 is 23.1 Å². The fourth-order valence-corrected chi connectivity index (χ4v) is 5.28. The first-order valence-corrected chi connectivity index (χ1v) is 13.5. The average molecular weight is 491 g/mol. The Morgan fingerprint density at radius 2 is 1.68 bits per heavy atom. The van der Waals surface area contributed by atoms with Gasteiger partial charge in [0.15, 0.2) is 5.16 Å². The van der Waals surface area contributed by atoms with E-state index in [4.69, 9.17) is 0 Å². The number of aryl methyl sites for hydroxylation is 2. The van der Waals surface area contributed by atoms with E-state index < -0.39 is 0 Å². The molecule has 5 nitrogen and oxygen atoms in total. The summed E-state index contributed by atoms with van der Waals surface area (Å²) in [5.74, 6) is 1.30. The van der Waals surface area contributed by atoms with E-state index in [9.17, 15) is 4.79 Å². The second-order valence-electron chi connectivity index (χ2n) is 8.32. The molecule has 2 aromatic heterocycles. The lowest BCUT2D eigenvalue weighted by molar-refractivity contribution is -0.119. The van der Waals surface area contributed by atoms with Gasteiger partial charge < -0.3 is 9.88 Å². The zero-order valence-corrected chi connectivity index (χ0v) is 21.0. The van der Waals surface area contributed by atoms with Crippen molar-refractivity contribution >= 4 is 29.0 Å². The number of benzene rings is 2. The number of carbonyl (C=O) groups is 1. The van der Waals surface area contributed by atoms with Crippen LogP contribution in [0, 0.1) is 0 Å². The quantitative estimate of drug-likeness (QED) is 0.270. The molecule has 0 aliphatic rings. The molecule has 4 rings (SSSR count). The van der Waals surface area contributed by atoms with Crippen LogP contribution in [0.25, 0.3) is 0 Å². The van der Waals surface area contributed by atoms with Crippen molar-refractivity contribution in [2.75, 3.05) is 5.75 Å². The Hall–Kier alpha value is -2.90. The molecule has 1 atom stereocenters. The molecule has 0 bridgehead atoms. The van der Waals surface area contributed by atoms with Gasteiger partial charge in [-0.3, -0.25) is 4.79 Å². The summed E-state index contributed by atoms with van der Waals surface area (Å²) in [6, 6.07) is 25.1. The molecule has 1 unspecified atom stereocenters. The average Bonchev–Trinajstić information content (AvgIpc) is 3.51. The van der Waals surface area contributed by atoms with Gasteiger partial charge in [-0.15, -0.1) is 21.5 Å². The van der Waals surface area contributed by atoms with Crippen LogP contribution in [0.15, 0.2) is 83.3 Å². The molecule has 0 fully saturated rings. The van der Waals surface area contributed by atoms with E-state index in [0.29, 0.717) is 5.75 Å². The lowest BCUT2D eigenvalue weighted by Gasteiger charge is -2.14. The fourth-order valence-electron chi connectivity index (χ4n) is 3.78. The summed E-state index contributed by atoms with van der Waals surface area (Å²) in [7, 11) is 0. The SMILES string of the molecule is CC(CCc1ccccc1)NC(=O)CSc1nnc(Cc2cccs2)n1CCc1ccccc1. The van der Waals surface area contributed by atoms with Crippen molar-refractivity contribution in [2.45, 2.75) is 50.4 Å². The monoisotopic (exact) mass is 490 g/mol. The first-order chi connectivity index (χ1) is 16.7. The zero-order valence-electron chi connectivity index (χ0n) is 19.4. The van der Waals surface area contributed by atoms with Gasteiger partial charge in [0, 0.05) is 23.9 Å². The van der Waals surface area contributed by atoms with Crippen LogP contribution in [-0.4, -0.2) is 32.5 Å². The molecule has 2 heterocycles. The highest BCUT2D eigenvalue weighted by molar-refractivity contribution is 7.99. The van der Waals surface area contributed by atoms with Crippen LogP contribution in [0.1, 0.15) is 35.2 Å². The molecule has 0 aliphatic carbocycles. The minimum atomic E-state index is 0.0305. The Balaban J connectivity index is 1.34. The Bertz CT molecular complexity index is 1140. The van der Waals surface area contributed by atoms with Crippen LogP contribution in [0.5, 0.6) is 0 Å². The third-order valence-corrected chi connectivity index (χ3v) is 7.46. The van der Waals surface area contributed by atoms with Crippen LogP contribution in [0.3, 0.4) is 0 Å². The second kappa shape index (κ2) is 12.5. The highest BCUT2D eigenvalue weighted by Crippen LogP contribution is 2.21. The second-order valence-corrected chi connectivity index (χ2v) is 10.3. The number of amides is 1. The summed E-state index contributed by atoms with van der Waals surface area (Å²) in [6.45, 7) is 2.85. The standard InChI is InChI=1S/C27H30N4OS2/c1-21(14-15-22-9-4-2-5-10-22)28-26(32)20-34-27-30-29-25(19-24-13-8-18-33-24)31(27)17-16-23-11-6-3-7-12-23/h2-13,18,21H,14-17,19-20H2,1H3,(H,28,32). The summed E-state index contributed by atoms with van der Waals surface area (Å²) < 4.78 is 2.17. The predicted molar refractivity (Wildman–Crippen MR) is 140 cm³/mol. The first-order valence-electron chi connectivity index (χ1n) is 11.6. The molecular formula is C27H30N4OS2. The van der Waals surface area contributed by atoms with E-state index in [-0.39, 0.29) is 11.9 Å². The summed E-state index contributed by atoms with van der Waals surface area (Å²) in [5.41, 5.74) is 2.57. The van der Waals surface area contributed by atoms with Gasteiger partial charge in [-0.25, -0.2) is 0 Å². The maximum Gasteiger partial charge on any atom is 0.230 e. The van der Waals surface area contributed by atoms with Crippen LogP contribution in [-0.2, 0) is 30.6 Å². The highest BCUT2D eigenvalue weighted by atomic mass is 32.2. The van der Waals surface area contributed by atoms with E-state index in [1.165, 1.54) is 27.8 Å². The predicted octanol–water partition coefficient (Wildman–Crippen LogP) is 5.40. The molecule has 0 aliphatic heterocycles. The summed E-state index contributed by atoms with van der Waals surface area (Å²) in [5, 5.41) is 14.9. The van der Waals surface area contributed by atoms with Gasteiger partial charge in [0.05, 0.1) is 5.75 Å². The number of rotatable bonds is 12. The van der Waals surface area contributed by atoms with Gasteiger partial charge in [0.1, 0.15) is 5.82 Å². The smallest absolute Gasteiger partial charge is 0.230 e. The summed E-state index contributed by atoms with van der Waals surface area (Å²) in [4.78, 5) is 13.9. The van der Waals surface area contributed by atoms with Crippen molar-refractivity contribution in [3.8, 4) is 0 Å². The minimum absolute atomic E-state index is 0.0305. The third kappa shape index (κ3) is 7.30. The zero-order chi connectivity index (χ0) is 23.6. The van der Waals surface area contributed by atoms with Gasteiger partial charge in [-0.05, 0) is 48.8 Å². The first kappa shape index (κ1) is 24.2. The normalized spacial score (nSPS) is 11.9. The van der Waals surface area contributed by atoms with Crippen molar-refractivity contribution in [3.63, 3.8) is 0 Å². The Morgan fingerprint density at radius 1 is 0.971 bits per heavy atom. The Labute approximate surface area is 209 Å². The van der Waals surface area contributed by atoms with E-state index >= 15 is 0 Å². The Morgan fingerprint density at radius 3 is 2.35 bits per heavy atom. The lowest BCUT2D eigenvalue weighted by Crippen LogP contribution is -2.34. The number of nitrogens with one attached hydrogen (secondary N) is 1. The summed E-state index contributed by atoms with van der Waals surface area (Å²) in [6.07, 6.45) is 3.52. The number of thiophene rings is 1. The molecule has 7 heteroatoms. The molecule has 4 aromatic rings. The number of nitrogens with zero attached hydrogens (tertiary/aromatic N) is 3. The van der Waals surface area contributed by atoms with Crippen molar-refractivity contribution in [1.82, 2.24) is 20.1 Å². The number of thioether (sulfide) groups is 1. The molecule has 34 heavy (non-hydrogen) atoms. The van der Waals surface area contributed by atoms with Gasteiger partial charge in [-0.1, -0.05) is 78.5 Å². The maximum absolute atomic E-state index is 12.6. The number of aromatic nitrogens is 3. The van der Waals surface area contributed by atoms with Crippen molar-refractivity contribution < 1.29 is 4.79 Å². The van der Waals surface area contributed by atoms with E-state index in [1.54, 1.807) is 11.3 Å². The van der Waals surface area contributed by atoms with Gasteiger partial charge >= 0.3 is 0 Å². The molecule has 0 radical (unpaired) electrons. The molecule has 1 N–H and O–H groups in total. The molecule has 0 saturated heterocycles. The van der Waals surface area contributed by atoms with Crippen LogP contribution < -0.4 is 5.32 Å². The van der Waals surface area contributed by atoms with Gasteiger partial charge in [0.2, 0.25) is 5.91 Å². The van der Waals surface area contributed by atoms with E-state index in [2.05, 4.69) is 93.0 Å². The molecule has 2 aromatic carbocycles. The van der Waals surface area contributed by atoms with Crippen molar-refractivity contribution in [3.05, 3.63) is 100 Å². The molecule has 0 spiro atoms. The number of hydrogen-bond acceptors (Lipinski definition) is 5. The molecule has 1 amide bonds. The third-order valence-electron chi connectivity index (χ3n) is 5.62. The van der Waals surface area contributed by atoms with Crippen LogP contribution in [0.4, 0.5) is 0 Å². The number of carbonyl (C=O) groups excluding carboxylic acids is 1. The topological polar surface area (TPSA) is 59.8 Å². The number of hydrogen-bond donors (Lipinski definition) is 1. The van der Waals surface area contributed by atoms with E-state index in [0.717, 1.165) is 43.2 Å². The van der Waals surface area contributed by atoms with Gasteiger partial charge in [-0.2, -0.15) is 0 Å². The summed E-state index contributed by atoms with van der Waals surface area (Å²) >= 11 is 3.19. The molecule has 176 valence electrons. The van der Waals surface area contributed by atoms with Crippen molar-refractivity contribution in [1.29, 1.82) is 0 Å². The lowest BCUT2D eigenvalue weighted by atomic mass is 10.1. The Kier molecular flexibility index (Phi) is 8.93. The maximum atomic E-state index is 12.6. The minimum Gasteiger partial charge on any atom is -0.353 e. The van der Waals surface area contributed by atoms with Gasteiger partial charge in [0.25, 0.3) is 0 Å².